The lowest BCUT2D eigenvalue weighted by Crippen LogP contribution is -1.98. The molecule has 6 nitrogen and oxygen atoms in total. The molecule has 5 aromatic rings. The van der Waals surface area contributed by atoms with E-state index < -0.39 is 0 Å². The van der Waals surface area contributed by atoms with Gasteiger partial charge >= 0.3 is 0 Å². The maximum Gasteiger partial charge on any atom is 0.195 e. The first-order valence-corrected chi connectivity index (χ1v) is 9.26. The average Bonchev–Trinajstić information content (AvgIpc) is 3.35. The molecule has 0 radical (unpaired) electrons. The summed E-state index contributed by atoms with van der Waals surface area (Å²) in [6.45, 7) is 4.20. The molecule has 0 N–H and O–H groups in total. The number of thiazole rings is 1. The molecule has 0 spiro atoms. The molecule has 128 valence electrons. The molecule has 0 unspecified atom stereocenters. The SMILES string of the molecule is Cc1c(C)n(-c2nccs2)c2ncn3nc(Cc4ccccc4)nc3c12. The Bertz CT molecular complexity index is 1220. The van der Waals surface area contributed by atoms with Gasteiger partial charge in [0.1, 0.15) is 6.33 Å². The van der Waals surface area contributed by atoms with E-state index in [9.17, 15) is 0 Å². The van der Waals surface area contributed by atoms with Gasteiger partial charge in [-0.15, -0.1) is 16.4 Å². The van der Waals surface area contributed by atoms with Crippen molar-refractivity contribution in [1.29, 1.82) is 0 Å². The molecule has 1 aromatic carbocycles. The second-order valence-corrected chi connectivity index (χ2v) is 7.14. The van der Waals surface area contributed by atoms with Crippen LogP contribution in [-0.4, -0.2) is 29.1 Å². The maximum atomic E-state index is 4.81. The van der Waals surface area contributed by atoms with Crippen molar-refractivity contribution in [3.05, 3.63) is 70.9 Å². The third-order valence-electron chi connectivity index (χ3n) is 4.69. The molecular formula is C19H16N6S. The lowest BCUT2D eigenvalue weighted by atomic mass is 10.1. The molecule has 0 amide bonds. The number of aromatic nitrogens is 6. The number of nitrogens with zero attached hydrogens (tertiary/aromatic N) is 6. The first-order chi connectivity index (χ1) is 12.7. The molecule has 7 heteroatoms. The summed E-state index contributed by atoms with van der Waals surface area (Å²) in [5.41, 5.74) is 5.20. The third-order valence-corrected chi connectivity index (χ3v) is 5.45. The van der Waals surface area contributed by atoms with Crippen molar-refractivity contribution < 1.29 is 0 Å². The van der Waals surface area contributed by atoms with Gasteiger partial charge in [0.15, 0.2) is 22.3 Å². The molecule has 26 heavy (non-hydrogen) atoms. The van der Waals surface area contributed by atoms with E-state index in [4.69, 9.17) is 4.98 Å². The largest absolute Gasteiger partial charge is 0.273 e. The van der Waals surface area contributed by atoms with Gasteiger partial charge in [0.05, 0.1) is 5.39 Å². The quantitative estimate of drug-likeness (QED) is 0.492. The van der Waals surface area contributed by atoms with Crippen LogP contribution in [0.3, 0.4) is 0 Å². The fraction of sp³-hybridized carbons (Fsp3) is 0.158. The van der Waals surface area contributed by atoms with Gasteiger partial charge in [0, 0.05) is 23.7 Å². The third kappa shape index (κ3) is 2.24. The Labute approximate surface area is 153 Å². The lowest BCUT2D eigenvalue weighted by molar-refractivity contribution is 0.879. The summed E-state index contributed by atoms with van der Waals surface area (Å²) in [7, 11) is 0. The molecule has 4 aromatic heterocycles. The van der Waals surface area contributed by atoms with Gasteiger partial charge in [-0.2, -0.15) is 0 Å². The van der Waals surface area contributed by atoms with Crippen molar-refractivity contribution in [3.8, 4) is 5.13 Å². The molecule has 0 atom stereocenters. The molecule has 0 bridgehead atoms. The fourth-order valence-electron chi connectivity index (χ4n) is 3.32. The zero-order chi connectivity index (χ0) is 17.7. The highest BCUT2D eigenvalue weighted by Crippen LogP contribution is 2.30. The molecule has 0 aliphatic carbocycles. The summed E-state index contributed by atoms with van der Waals surface area (Å²) < 4.78 is 3.88. The molecule has 4 heterocycles. The lowest BCUT2D eigenvalue weighted by Gasteiger charge is -2.02. The number of fused-ring (bicyclic) bond motifs is 3. The highest BCUT2D eigenvalue weighted by molar-refractivity contribution is 7.12. The van der Waals surface area contributed by atoms with Crippen molar-refractivity contribution in [3.63, 3.8) is 0 Å². The summed E-state index contributed by atoms with van der Waals surface area (Å²) in [5, 5.41) is 8.55. The van der Waals surface area contributed by atoms with Crippen LogP contribution in [0.15, 0.2) is 48.2 Å². The molecule has 0 aliphatic heterocycles. The van der Waals surface area contributed by atoms with Gasteiger partial charge < -0.3 is 0 Å². The zero-order valence-electron chi connectivity index (χ0n) is 14.4. The van der Waals surface area contributed by atoms with Crippen LogP contribution in [0.1, 0.15) is 22.6 Å². The van der Waals surface area contributed by atoms with Crippen molar-refractivity contribution in [2.75, 3.05) is 0 Å². The minimum Gasteiger partial charge on any atom is -0.273 e. The standard InChI is InChI=1S/C19H16N6S/c1-12-13(2)25(19-20-8-9-26-19)17-16(12)18-22-15(23-24(18)11-21-17)10-14-6-4-3-5-7-14/h3-9,11H,10H2,1-2H3. The zero-order valence-corrected chi connectivity index (χ0v) is 15.2. The van der Waals surface area contributed by atoms with Gasteiger partial charge in [-0.3, -0.25) is 4.57 Å². The van der Waals surface area contributed by atoms with Gasteiger partial charge in [0.2, 0.25) is 0 Å². The van der Waals surface area contributed by atoms with Crippen LogP contribution in [0, 0.1) is 13.8 Å². The molecular weight excluding hydrogens is 344 g/mol. The van der Waals surface area contributed by atoms with Crippen molar-refractivity contribution in [1.82, 2.24) is 29.1 Å². The van der Waals surface area contributed by atoms with Crippen LogP contribution >= 0.6 is 11.3 Å². The van der Waals surface area contributed by atoms with Crippen molar-refractivity contribution in [2.45, 2.75) is 20.3 Å². The molecule has 0 saturated carbocycles. The second-order valence-electron chi connectivity index (χ2n) is 6.26. The highest BCUT2D eigenvalue weighted by Gasteiger charge is 2.19. The summed E-state index contributed by atoms with van der Waals surface area (Å²) in [5.74, 6) is 0.796. The number of aryl methyl sites for hydroxylation is 1. The van der Waals surface area contributed by atoms with Crippen LogP contribution in [-0.2, 0) is 6.42 Å². The maximum absolute atomic E-state index is 4.81. The van der Waals surface area contributed by atoms with Gasteiger partial charge in [-0.25, -0.2) is 19.5 Å². The highest BCUT2D eigenvalue weighted by atomic mass is 32.1. The van der Waals surface area contributed by atoms with Gasteiger partial charge in [-0.05, 0) is 25.0 Å². The van der Waals surface area contributed by atoms with E-state index in [2.05, 4.69) is 45.6 Å². The van der Waals surface area contributed by atoms with Crippen LogP contribution in [0.5, 0.6) is 0 Å². The second kappa shape index (κ2) is 5.74. The smallest absolute Gasteiger partial charge is 0.195 e. The molecule has 5 rings (SSSR count). The van der Waals surface area contributed by atoms with E-state index in [-0.39, 0.29) is 0 Å². The Morgan fingerprint density at radius 3 is 2.65 bits per heavy atom. The number of rotatable bonds is 3. The van der Waals surface area contributed by atoms with E-state index in [0.29, 0.717) is 6.42 Å². The number of benzene rings is 1. The van der Waals surface area contributed by atoms with Crippen LogP contribution in [0.4, 0.5) is 0 Å². The predicted molar refractivity (Wildman–Crippen MR) is 102 cm³/mol. The van der Waals surface area contributed by atoms with Crippen LogP contribution in [0.25, 0.3) is 21.8 Å². The Hall–Kier alpha value is -3.06. The topological polar surface area (TPSA) is 60.9 Å². The van der Waals surface area contributed by atoms with Crippen molar-refractivity contribution in [2.24, 2.45) is 0 Å². The Morgan fingerprint density at radius 1 is 1.04 bits per heavy atom. The first-order valence-electron chi connectivity index (χ1n) is 8.38. The first kappa shape index (κ1) is 15.2. The molecule has 0 aliphatic rings. The number of hydrogen-bond acceptors (Lipinski definition) is 5. The normalized spacial score (nSPS) is 11.6. The Kier molecular flexibility index (Phi) is 3.36. The molecule has 0 saturated heterocycles. The van der Waals surface area contributed by atoms with Gasteiger partial charge in [-0.1, -0.05) is 30.3 Å². The van der Waals surface area contributed by atoms with E-state index in [1.165, 1.54) is 5.56 Å². The summed E-state index contributed by atoms with van der Waals surface area (Å²) in [4.78, 5) is 13.9. The summed E-state index contributed by atoms with van der Waals surface area (Å²) >= 11 is 1.60. The van der Waals surface area contributed by atoms with Crippen LogP contribution in [0.2, 0.25) is 0 Å². The summed E-state index contributed by atoms with van der Waals surface area (Å²) in [6, 6.07) is 10.3. The Morgan fingerprint density at radius 2 is 1.88 bits per heavy atom. The predicted octanol–water partition coefficient (Wildman–Crippen LogP) is 3.73. The average molecular weight is 360 g/mol. The minimum absolute atomic E-state index is 0.704. The Balaban J connectivity index is 1.72. The van der Waals surface area contributed by atoms with E-state index in [0.717, 1.165) is 38.9 Å². The molecule has 0 fully saturated rings. The monoisotopic (exact) mass is 360 g/mol. The van der Waals surface area contributed by atoms with E-state index >= 15 is 0 Å². The number of hydrogen-bond donors (Lipinski definition) is 0. The van der Waals surface area contributed by atoms with E-state index in [1.807, 2.05) is 29.8 Å². The van der Waals surface area contributed by atoms with Crippen LogP contribution < -0.4 is 0 Å². The minimum atomic E-state index is 0.704. The van der Waals surface area contributed by atoms with Gasteiger partial charge in [0.25, 0.3) is 0 Å². The summed E-state index contributed by atoms with van der Waals surface area (Å²) in [6.07, 6.45) is 4.26. The van der Waals surface area contributed by atoms with Crippen molar-refractivity contribution >= 4 is 28.0 Å². The van der Waals surface area contributed by atoms with E-state index in [1.54, 1.807) is 22.2 Å². The fourth-order valence-corrected chi connectivity index (χ4v) is 4.01.